The van der Waals surface area contributed by atoms with Crippen molar-refractivity contribution in [3.8, 4) is 0 Å². The lowest BCUT2D eigenvalue weighted by molar-refractivity contribution is -0.142. The maximum absolute atomic E-state index is 14.0. The summed E-state index contributed by atoms with van der Waals surface area (Å²) in [5.41, 5.74) is -1.42. The Balaban J connectivity index is 1.22. The topological polar surface area (TPSA) is 0 Å². The number of alkyl halides is 3. The second kappa shape index (κ2) is 11.1. The third-order valence-electron chi connectivity index (χ3n) is 9.20. The van der Waals surface area contributed by atoms with Gasteiger partial charge in [-0.3, -0.25) is 0 Å². The lowest BCUT2D eigenvalue weighted by Crippen LogP contribution is -2.25. The van der Waals surface area contributed by atoms with Crippen LogP contribution in [-0.2, 0) is 6.18 Å². The second-order valence-electron chi connectivity index (χ2n) is 11.2. The van der Waals surface area contributed by atoms with Crippen LogP contribution in [0.3, 0.4) is 0 Å². The van der Waals surface area contributed by atoms with Gasteiger partial charge >= 0.3 is 6.18 Å². The highest BCUT2D eigenvalue weighted by Gasteiger charge is 2.38. The van der Waals surface area contributed by atoms with E-state index in [4.69, 9.17) is 0 Å². The predicted molar refractivity (Wildman–Crippen MR) is 126 cm³/mol. The number of rotatable bonds is 5. The minimum atomic E-state index is -5.01. The molecule has 0 spiro atoms. The van der Waals surface area contributed by atoms with E-state index in [1.807, 2.05) is 0 Å². The Hall–Kier alpha value is -1.39. The molecule has 0 N–H and O–H groups in total. The van der Waals surface area contributed by atoms with Gasteiger partial charge in [0, 0.05) is 0 Å². The summed E-state index contributed by atoms with van der Waals surface area (Å²) in [7, 11) is 0. The normalized spacial score (nSPS) is 33.4. The molecule has 0 aliphatic heterocycles. The van der Waals surface area contributed by atoms with Crippen LogP contribution in [0.25, 0.3) is 0 Å². The third-order valence-corrected chi connectivity index (χ3v) is 9.20. The molecule has 3 fully saturated rings. The standard InChI is InChI=1S/C29H39F5/c1-2-19-5-11-22(12-6-19)23-13-7-20(8-14-23)3-4-21-9-15-24(16-10-21)25-17-26(30)28(27(31)18-25)29(32,33)34/h3-4,17-24H,2,5-16H2,1H3/b4-3+. The predicted octanol–water partition coefficient (Wildman–Crippen LogP) is 9.84. The first-order valence-corrected chi connectivity index (χ1v) is 13.5. The van der Waals surface area contributed by atoms with E-state index in [1.165, 1.54) is 57.8 Å². The average molecular weight is 483 g/mol. The van der Waals surface area contributed by atoms with Crippen molar-refractivity contribution in [2.45, 2.75) is 102 Å². The van der Waals surface area contributed by atoms with Crippen molar-refractivity contribution in [2.24, 2.45) is 29.6 Å². The zero-order valence-electron chi connectivity index (χ0n) is 20.4. The fourth-order valence-electron chi connectivity index (χ4n) is 6.94. The van der Waals surface area contributed by atoms with Gasteiger partial charge in [-0.2, -0.15) is 13.2 Å². The van der Waals surface area contributed by atoms with Crippen LogP contribution in [0, 0.1) is 41.2 Å². The SMILES string of the molecule is CCC1CCC(C2CCC(/C=C/C3CCC(c4cc(F)c(C(F)(F)F)c(F)c4)CC3)CC2)CC1. The Morgan fingerprint density at radius 2 is 1.15 bits per heavy atom. The summed E-state index contributed by atoms with van der Waals surface area (Å²) in [6, 6.07) is 1.78. The van der Waals surface area contributed by atoms with Gasteiger partial charge in [0.05, 0.1) is 0 Å². The maximum atomic E-state index is 14.0. The van der Waals surface area contributed by atoms with Crippen molar-refractivity contribution in [1.82, 2.24) is 0 Å². The molecular formula is C29H39F5. The fourth-order valence-corrected chi connectivity index (χ4v) is 6.94. The molecule has 190 valence electrons. The van der Waals surface area contributed by atoms with E-state index >= 15 is 0 Å². The van der Waals surface area contributed by atoms with Crippen LogP contribution in [0.2, 0.25) is 0 Å². The number of allylic oxidation sites excluding steroid dienone is 2. The van der Waals surface area contributed by atoms with Crippen LogP contribution in [0.1, 0.15) is 107 Å². The summed E-state index contributed by atoms with van der Waals surface area (Å²) in [5.74, 6) is 0.876. The first-order chi connectivity index (χ1) is 16.2. The number of benzene rings is 1. The third kappa shape index (κ3) is 6.23. The maximum Gasteiger partial charge on any atom is 0.422 e. The van der Waals surface area contributed by atoms with Crippen molar-refractivity contribution in [2.75, 3.05) is 0 Å². The second-order valence-corrected chi connectivity index (χ2v) is 11.2. The van der Waals surface area contributed by atoms with Gasteiger partial charge in [-0.25, -0.2) is 8.78 Å². The zero-order valence-corrected chi connectivity index (χ0v) is 20.4. The molecule has 0 bridgehead atoms. The van der Waals surface area contributed by atoms with Crippen LogP contribution in [0.5, 0.6) is 0 Å². The minimum absolute atomic E-state index is 0.0748. The Kier molecular flexibility index (Phi) is 8.40. The number of halogens is 5. The van der Waals surface area contributed by atoms with Gasteiger partial charge in [-0.1, -0.05) is 38.3 Å². The van der Waals surface area contributed by atoms with E-state index in [0.717, 1.165) is 55.6 Å². The van der Waals surface area contributed by atoms with Crippen LogP contribution in [0.4, 0.5) is 22.0 Å². The smallest absolute Gasteiger partial charge is 0.206 e. The first kappa shape index (κ1) is 25.7. The van der Waals surface area contributed by atoms with Gasteiger partial charge in [0.2, 0.25) is 0 Å². The molecule has 3 aliphatic rings. The molecule has 3 saturated carbocycles. The fraction of sp³-hybridized carbons (Fsp3) is 0.724. The highest BCUT2D eigenvalue weighted by molar-refractivity contribution is 5.31. The summed E-state index contributed by atoms with van der Waals surface area (Å²) < 4.78 is 66.4. The molecule has 1 aromatic rings. The quantitative estimate of drug-likeness (QED) is 0.289. The van der Waals surface area contributed by atoms with Crippen LogP contribution in [-0.4, -0.2) is 0 Å². The number of hydrogen-bond acceptors (Lipinski definition) is 0. The first-order valence-electron chi connectivity index (χ1n) is 13.5. The molecule has 0 radical (unpaired) electrons. The summed E-state index contributed by atoms with van der Waals surface area (Å²) in [6.45, 7) is 2.32. The van der Waals surface area contributed by atoms with E-state index in [1.54, 1.807) is 0 Å². The van der Waals surface area contributed by atoms with Gasteiger partial charge in [0.1, 0.15) is 17.2 Å². The highest BCUT2D eigenvalue weighted by Crippen LogP contribution is 2.43. The summed E-state index contributed by atoms with van der Waals surface area (Å²) >= 11 is 0. The minimum Gasteiger partial charge on any atom is -0.206 e. The van der Waals surface area contributed by atoms with Crippen molar-refractivity contribution < 1.29 is 22.0 Å². The van der Waals surface area contributed by atoms with Crippen molar-refractivity contribution >= 4 is 0 Å². The monoisotopic (exact) mass is 482 g/mol. The van der Waals surface area contributed by atoms with Crippen molar-refractivity contribution in [3.05, 3.63) is 47.0 Å². The summed E-state index contributed by atoms with van der Waals surface area (Å²) in [5, 5.41) is 0. The Bertz CT molecular complexity index is 794. The molecule has 3 aliphatic carbocycles. The highest BCUT2D eigenvalue weighted by atomic mass is 19.4. The van der Waals surface area contributed by atoms with Crippen molar-refractivity contribution in [3.63, 3.8) is 0 Å². The van der Waals surface area contributed by atoms with Crippen LogP contribution < -0.4 is 0 Å². The molecule has 0 heterocycles. The van der Waals surface area contributed by atoms with E-state index in [0.29, 0.717) is 17.4 Å². The molecule has 0 nitrogen and oxygen atoms in total. The van der Waals surface area contributed by atoms with Crippen molar-refractivity contribution in [1.29, 1.82) is 0 Å². The average Bonchev–Trinajstić information content (AvgIpc) is 2.82. The Labute approximate surface area is 201 Å². The molecule has 4 rings (SSSR count). The lowest BCUT2D eigenvalue weighted by Gasteiger charge is -2.37. The van der Waals surface area contributed by atoms with Gasteiger partial charge in [-0.15, -0.1) is 0 Å². The van der Waals surface area contributed by atoms with E-state index in [2.05, 4.69) is 19.1 Å². The molecule has 0 unspecified atom stereocenters. The summed E-state index contributed by atoms with van der Waals surface area (Å²) in [4.78, 5) is 0. The molecule has 0 saturated heterocycles. The van der Waals surface area contributed by atoms with Gasteiger partial charge < -0.3 is 0 Å². The molecule has 0 amide bonds. The largest absolute Gasteiger partial charge is 0.422 e. The van der Waals surface area contributed by atoms with Gasteiger partial charge in [0.25, 0.3) is 0 Å². The van der Waals surface area contributed by atoms with E-state index < -0.39 is 23.4 Å². The van der Waals surface area contributed by atoms with E-state index in [9.17, 15) is 22.0 Å². The lowest BCUT2D eigenvalue weighted by atomic mass is 9.69. The van der Waals surface area contributed by atoms with Crippen LogP contribution >= 0.6 is 0 Å². The zero-order chi connectivity index (χ0) is 24.3. The molecule has 34 heavy (non-hydrogen) atoms. The molecule has 1 aromatic carbocycles. The van der Waals surface area contributed by atoms with Gasteiger partial charge in [-0.05, 0) is 117 Å². The Morgan fingerprint density at radius 1 is 0.706 bits per heavy atom. The molecular weight excluding hydrogens is 443 g/mol. The van der Waals surface area contributed by atoms with E-state index in [-0.39, 0.29) is 5.92 Å². The Morgan fingerprint density at radius 3 is 1.59 bits per heavy atom. The van der Waals surface area contributed by atoms with Gasteiger partial charge in [0.15, 0.2) is 0 Å². The molecule has 0 atom stereocenters. The molecule has 0 aromatic heterocycles. The van der Waals surface area contributed by atoms with Crippen LogP contribution in [0.15, 0.2) is 24.3 Å². The summed E-state index contributed by atoms with van der Waals surface area (Å²) in [6.07, 6.45) is 15.4. The number of hydrogen-bond donors (Lipinski definition) is 0. The molecule has 5 heteroatoms.